The highest BCUT2D eigenvalue weighted by atomic mass is 19.4. The summed E-state index contributed by atoms with van der Waals surface area (Å²) in [6.07, 6.45) is -2.00. The van der Waals surface area contributed by atoms with E-state index in [1.165, 1.54) is 36.3 Å². The minimum Gasteiger partial charge on any atom is -0.478 e. The molecule has 0 spiro atoms. The molecule has 0 aliphatic carbocycles. The third kappa shape index (κ3) is 5.38. The molecular formula is C24H24F4N6O4. The van der Waals surface area contributed by atoms with E-state index in [4.69, 9.17) is 9.47 Å². The van der Waals surface area contributed by atoms with Crippen LogP contribution in [0.25, 0.3) is 16.9 Å². The number of methoxy groups -OCH3 is 1. The second-order valence-corrected chi connectivity index (χ2v) is 9.17. The van der Waals surface area contributed by atoms with Crippen LogP contribution in [-0.4, -0.2) is 57.0 Å². The average Bonchev–Trinajstić information content (AvgIpc) is 3.41. The molecule has 1 saturated heterocycles. The fourth-order valence-corrected chi connectivity index (χ4v) is 3.76. The van der Waals surface area contributed by atoms with Gasteiger partial charge in [-0.2, -0.15) is 13.2 Å². The maximum atomic E-state index is 14.6. The first-order valence-corrected chi connectivity index (χ1v) is 11.4. The highest BCUT2D eigenvalue weighted by Crippen LogP contribution is 2.36. The van der Waals surface area contributed by atoms with E-state index in [1.54, 1.807) is 6.92 Å². The molecule has 2 aromatic heterocycles. The Hall–Kier alpha value is -4.23. The SMILES string of the molecule is COc1ncc(-n2nc(NC(=O)[C@H]3CNC(=O)[C@@H]3C)cc2-c2cc(F)cc(OC(C)(C)C(F)(F)F)c2)cn1. The summed E-state index contributed by atoms with van der Waals surface area (Å²) in [5.41, 5.74) is -2.01. The van der Waals surface area contributed by atoms with Crippen molar-refractivity contribution in [3.63, 3.8) is 0 Å². The van der Waals surface area contributed by atoms with Crippen molar-refractivity contribution in [2.75, 3.05) is 19.0 Å². The van der Waals surface area contributed by atoms with Crippen molar-refractivity contribution in [3.05, 3.63) is 42.5 Å². The van der Waals surface area contributed by atoms with E-state index in [2.05, 4.69) is 25.7 Å². The molecule has 2 amide bonds. The lowest BCUT2D eigenvalue weighted by atomic mass is 9.97. The van der Waals surface area contributed by atoms with Gasteiger partial charge in [-0.3, -0.25) is 9.59 Å². The number of benzene rings is 1. The van der Waals surface area contributed by atoms with E-state index in [0.717, 1.165) is 26.0 Å². The maximum absolute atomic E-state index is 14.6. The summed E-state index contributed by atoms with van der Waals surface area (Å²) in [6.45, 7) is 3.44. The quantitative estimate of drug-likeness (QED) is 0.444. The average molecular weight is 536 g/mol. The van der Waals surface area contributed by atoms with Crippen LogP contribution in [0.1, 0.15) is 20.8 Å². The van der Waals surface area contributed by atoms with Gasteiger partial charge in [0.05, 0.1) is 31.1 Å². The monoisotopic (exact) mass is 536 g/mol. The van der Waals surface area contributed by atoms with Crippen molar-refractivity contribution >= 4 is 17.6 Å². The molecule has 0 unspecified atom stereocenters. The molecule has 1 aliphatic rings. The fourth-order valence-electron chi connectivity index (χ4n) is 3.76. The zero-order valence-electron chi connectivity index (χ0n) is 20.8. The van der Waals surface area contributed by atoms with E-state index < -0.39 is 35.3 Å². The Balaban J connectivity index is 1.75. The third-order valence-corrected chi connectivity index (χ3v) is 6.08. The predicted molar refractivity (Wildman–Crippen MR) is 126 cm³/mol. The number of nitrogens with one attached hydrogen (secondary N) is 2. The molecule has 2 atom stereocenters. The van der Waals surface area contributed by atoms with Crippen LogP contribution >= 0.6 is 0 Å². The Morgan fingerprint density at radius 2 is 1.84 bits per heavy atom. The van der Waals surface area contributed by atoms with Crippen LogP contribution in [0.15, 0.2) is 36.7 Å². The first kappa shape index (κ1) is 26.8. The Morgan fingerprint density at radius 3 is 2.42 bits per heavy atom. The largest absolute Gasteiger partial charge is 0.478 e. The Bertz CT molecular complexity index is 1360. The third-order valence-electron chi connectivity index (χ3n) is 6.08. The van der Waals surface area contributed by atoms with Gasteiger partial charge in [-0.25, -0.2) is 19.0 Å². The number of hydrogen-bond acceptors (Lipinski definition) is 7. The summed E-state index contributed by atoms with van der Waals surface area (Å²) < 4.78 is 66.0. The number of ether oxygens (including phenoxy) is 2. The smallest absolute Gasteiger partial charge is 0.427 e. The molecule has 202 valence electrons. The second kappa shape index (κ2) is 9.91. The van der Waals surface area contributed by atoms with E-state index in [-0.39, 0.29) is 47.0 Å². The van der Waals surface area contributed by atoms with Gasteiger partial charge in [0.15, 0.2) is 11.4 Å². The van der Waals surface area contributed by atoms with Crippen molar-refractivity contribution in [2.24, 2.45) is 11.8 Å². The molecule has 1 fully saturated rings. The molecule has 1 aromatic carbocycles. The number of carbonyl (C=O) groups is 2. The van der Waals surface area contributed by atoms with E-state index >= 15 is 0 Å². The number of amides is 2. The van der Waals surface area contributed by atoms with Crippen molar-refractivity contribution in [3.8, 4) is 28.7 Å². The van der Waals surface area contributed by atoms with Crippen LogP contribution in [-0.2, 0) is 9.59 Å². The lowest BCUT2D eigenvalue weighted by Crippen LogP contribution is -2.44. The number of anilines is 1. The summed E-state index contributed by atoms with van der Waals surface area (Å²) in [4.78, 5) is 32.7. The molecule has 2 N–H and O–H groups in total. The van der Waals surface area contributed by atoms with Gasteiger partial charge in [0.1, 0.15) is 17.3 Å². The van der Waals surface area contributed by atoms with Gasteiger partial charge in [-0.05, 0) is 26.0 Å². The first-order valence-electron chi connectivity index (χ1n) is 11.4. The van der Waals surface area contributed by atoms with E-state index in [9.17, 15) is 27.2 Å². The minimum atomic E-state index is -4.72. The molecule has 14 heteroatoms. The molecule has 0 bridgehead atoms. The summed E-state index contributed by atoms with van der Waals surface area (Å²) in [5.74, 6) is -3.07. The predicted octanol–water partition coefficient (Wildman–Crippen LogP) is 3.52. The topological polar surface area (TPSA) is 120 Å². The van der Waals surface area contributed by atoms with Crippen molar-refractivity contribution in [1.29, 1.82) is 0 Å². The van der Waals surface area contributed by atoms with Gasteiger partial charge >= 0.3 is 12.2 Å². The van der Waals surface area contributed by atoms with Crippen molar-refractivity contribution < 1.29 is 36.6 Å². The molecule has 1 aliphatic heterocycles. The summed E-state index contributed by atoms with van der Waals surface area (Å²) in [5, 5.41) is 9.62. The number of rotatable bonds is 7. The van der Waals surface area contributed by atoms with Crippen LogP contribution < -0.4 is 20.1 Å². The lowest BCUT2D eigenvalue weighted by molar-refractivity contribution is -0.234. The molecule has 0 radical (unpaired) electrons. The Kier molecular flexibility index (Phi) is 7.00. The van der Waals surface area contributed by atoms with E-state index in [1.807, 2.05) is 0 Å². The fraction of sp³-hybridized carbons (Fsp3) is 0.375. The van der Waals surface area contributed by atoms with Crippen LogP contribution in [0.4, 0.5) is 23.4 Å². The lowest BCUT2D eigenvalue weighted by Gasteiger charge is -2.29. The number of nitrogens with zero attached hydrogens (tertiary/aromatic N) is 4. The number of halogens is 4. The van der Waals surface area contributed by atoms with Gasteiger partial charge in [-0.1, -0.05) is 6.92 Å². The highest BCUT2D eigenvalue weighted by molar-refractivity contribution is 5.98. The van der Waals surface area contributed by atoms with Gasteiger partial charge in [-0.15, -0.1) is 5.10 Å². The van der Waals surface area contributed by atoms with Crippen molar-refractivity contribution in [1.82, 2.24) is 25.1 Å². The summed E-state index contributed by atoms with van der Waals surface area (Å²) in [6, 6.07) is 4.62. The molecule has 4 rings (SSSR count). The molecule has 3 aromatic rings. The Morgan fingerprint density at radius 1 is 1.16 bits per heavy atom. The molecule has 38 heavy (non-hydrogen) atoms. The standard InChI is InChI=1S/C24H24F4N6O4/c1-12-17(11-29-20(12)35)21(36)32-19-8-18(34(33-19)15-9-30-22(37-4)31-10-15)13-5-14(25)7-16(6-13)38-23(2,3)24(26,27)28/h5-10,12,17H,11H2,1-4H3,(H,29,35)(H,32,33,36)/t12-,17+/m1/s1. The number of aromatic nitrogens is 4. The van der Waals surface area contributed by atoms with Crippen molar-refractivity contribution in [2.45, 2.75) is 32.5 Å². The maximum Gasteiger partial charge on any atom is 0.427 e. The highest BCUT2D eigenvalue weighted by Gasteiger charge is 2.50. The van der Waals surface area contributed by atoms with Gasteiger partial charge in [0, 0.05) is 30.2 Å². The number of carbonyl (C=O) groups excluding carboxylic acids is 2. The summed E-state index contributed by atoms with van der Waals surface area (Å²) in [7, 11) is 1.38. The molecular weight excluding hydrogens is 512 g/mol. The van der Waals surface area contributed by atoms with Gasteiger partial charge < -0.3 is 20.1 Å². The Labute approximate surface area is 214 Å². The van der Waals surface area contributed by atoms with E-state index in [0.29, 0.717) is 0 Å². The summed E-state index contributed by atoms with van der Waals surface area (Å²) >= 11 is 0. The number of hydrogen-bond donors (Lipinski definition) is 2. The zero-order valence-corrected chi connectivity index (χ0v) is 20.8. The number of alkyl halides is 3. The van der Waals surface area contributed by atoms with Gasteiger partial charge in [0.25, 0.3) is 0 Å². The minimum absolute atomic E-state index is 0.0507. The van der Waals surface area contributed by atoms with Gasteiger partial charge in [0.2, 0.25) is 11.8 Å². The molecule has 10 nitrogen and oxygen atoms in total. The zero-order chi connectivity index (χ0) is 27.8. The molecule has 3 heterocycles. The first-order chi connectivity index (χ1) is 17.8. The second-order valence-electron chi connectivity index (χ2n) is 9.17. The van der Waals surface area contributed by atoms with Crippen LogP contribution in [0.3, 0.4) is 0 Å². The van der Waals surface area contributed by atoms with Crippen LogP contribution in [0.5, 0.6) is 11.8 Å². The normalized spacial score (nSPS) is 17.7. The van der Waals surface area contributed by atoms with Crippen LogP contribution in [0, 0.1) is 17.7 Å². The molecule has 0 saturated carbocycles. The van der Waals surface area contributed by atoms with Crippen LogP contribution in [0.2, 0.25) is 0 Å².